The minimum atomic E-state index is -0.769. The first-order valence-electron chi connectivity index (χ1n) is 7.18. The average molecular weight is 297 g/mol. The summed E-state index contributed by atoms with van der Waals surface area (Å²) in [5.74, 6) is 1.31. The largest absolute Gasteiger partial charge is 0.486 e. The predicted molar refractivity (Wildman–Crippen MR) is 77.6 cm³/mol. The number of hydrogen-bond acceptors (Lipinski definition) is 6. The fourth-order valence-corrected chi connectivity index (χ4v) is 2.21. The van der Waals surface area contributed by atoms with Crippen molar-refractivity contribution in [1.29, 1.82) is 0 Å². The molecule has 21 heavy (non-hydrogen) atoms. The maximum Gasteiger partial charge on any atom is 0.161 e. The van der Waals surface area contributed by atoms with E-state index in [0.717, 1.165) is 0 Å². The molecule has 0 saturated heterocycles. The van der Waals surface area contributed by atoms with Gasteiger partial charge in [0.2, 0.25) is 0 Å². The Morgan fingerprint density at radius 1 is 1.19 bits per heavy atom. The summed E-state index contributed by atoms with van der Waals surface area (Å²) >= 11 is 0. The van der Waals surface area contributed by atoms with Crippen LogP contribution in [-0.4, -0.2) is 53.8 Å². The monoisotopic (exact) mass is 297 g/mol. The van der Waals surface area contributed by atoms with Crippen LogP contribution < -0.4 is 14.8 Å². The molecule has 1 heterocycles. The highest BCUT2D eigenvalue weighted by Crippen LogP contribution is 2.32. The van der Waals surface area contributed by atoms with Crippen LogP contribution in [0.15, 0.2) is 18.2 Å². The number of hydrogen-bond donors (Lipinski definition) is 4. The zero-order valence-electron chi connectivity index (χ0n) is 12.2. The van der Waals surface area contributed by atoms with Crippen LogP contribution in [0.5, 0.6) is 11.5 Å². The Bertz CT molecular complexity index is 453. The van der Waals surface area contributed by atoms with Gasteiger partial charge in [-0.2, -0.15) is 0 Å². The molecule has 1 aliphatic heterocycles. The number of β-amino-alcohol motifs (C(OH)–C–C–N with tert-alkyl or cyclic N) is 1. The van der Waals surface area contributed by atoms with Gasteiger partial charge >= 0.3 is 0 Å². The normalized spacial score (nSPS) is 15.8. The van der Waals surface area contributed by atoms with Gasteiger partial charge < -0.3 is 30.1 Å². The summed E-state index contributed by atoms with van der Waals surface area (Å²) in [7, 11) is 0. The van der Waals surface area contributed by atoms with E-state index >= 15 is 0 Å². The number of fused-ring (bicyclic) bond motifs is 1. The lowest BCUT2D eigenvalue weighted by molar-refractivity contribution is 0.0705. The summed E-state index contributed by atoms with van der Waals surface area (Å²) in [5, 5.41) is 32.0. The molecule has 0 radical (unpaired) electrons. The summed E-state index contributed by atoms with van der Waals surface area (Å²) in [6.07, 6.45) is -0.196. The van der Waals surface area contributed by atoms with Crippen molar-refractivity contribution in [3.8, 4) is 11.5 Å². The van der Waals surface area contributed by atoms with E-state index in [1.54, 1.807) is 18.2 Å². The quantitative estimate of drug-likeness (QED) is 0.575. The Kier molecular flexibility index (Phi) is 5.41. The third-order valence-corrected chi connectivity index (χ3v) is 3.90. The first-order valence-corrected chi connectivity index (χ1v) is 7.18. The van der Waals surface area contributed by atoms with Gasteiger partial charge in [-0.1, -0.05) is 13.0 Å². The highest BCUT2D eigenvalue weighted by Gasteiger charge is 2.27. The molecular weight excluding hydrogens is 274 g/mol. The molecule has 0 spiro atoms. The topological polar surface area (TPSA) is 91.2 Å². The molecule has 1 atom stereocenters. The van der Waals surface area contributed by atoms with Crippen LogP contribution in [0.3, 0.4) is 0 Å². The smallest absolute Gasteiger partial charge is 0.161 e. The Balaban J connectivity index is 2.01. The van der Waals surface area contributed by atoms with Crippen LogP contribution in [-0.2, 0) is 0 Å². The third kappa shape index (κ3) is 3.65. The van der Waals surface area contributed by atoms with E-state index in [1.807, 2.05) is 6.92 Å². The van der Waals surface area contributed by atoms with Gasteiger partial charge in [0.05, 0.1) is 24.9 Å². The molecule has 118 valence electrons. The van der Waals surface area contributed by atoms with Crippen molar-refractivity contribution in [1.82, 2.24) is 5.32 Å². The van der Waals surface area contributed by atoms with Crippen LogP contribution in [0.2, 0.25) is 0 Å². The minimum Gasteiger partial charge on any atom is -0.486 e. The fraction of sp³-hybridized carbons (Fsp3) is 0.600. The lowest BCUT2D eigenvalue weighted by Gasteiger charge is -2.31. The lowest BCUT2D eigenvalue weighted by atomic mass is 9.97. The Labute approximate surface area is 124 Å². The van der Waals surface area contributed by atoms with Gasteiger partial charge in [0.15, 0.2) is 11.5 Å². The van der Waals surface area contributed by atoms with Gasteiger partial charge in [-0.15, -0.1) is 0 Å². The van der Waals surface area contributed by atoms with Gasteiger partial charge in [-0.25, -0.2) is 0 Å². The molecular formula is C15H23NO5. The maximum absolute atomic E-state index is 10.2. The number of aliphatic hydroxyl groups is 3. The molecule has 1 aliphatic rings. The Hall–Kier alpha value is -1.34. The highest BCUT2D eigenvalue weighted by molar-refractivity contribution is 5.44. The minimum absolute atomic E-state index is 0.187. The molecule has 0 fully saturated rings. The zero-order valence-corrected chi connectivity index (χ0v) is 12.2. The Morgan fingerprint density at radius 2 is 1.86 bits per heavy atom. The molecule has 1 aromatic carbocycles. The second-order valence-electron chi connectivity index (χ2n) is 5.25. The van der Waals surface area contributed by atoms with Gasteiger partial charge in [0, 0.05) is 6.54 Å². The van der Waals surface area contributed by atoms with Gasteiger partial charge in [0.25, 0.3) is 0 Å². The second kappa shape index (κ2) is 7.09. The second-order valence-corrected chi connectivity index (χ2v) is 5.25. The summed E-state index contributed by atoms with van der Waals surface area (Å²) in [5.41, 5.74) is -0.0675. The summed E-state index contributed by atoms with van der Waals surface area (Å²) in [6.45, 7) is 2.76. The van der Waals surface area contributed by atoms with Crippen LogP contribution in [0.4, 0.5) is 0 Å². The predicted octanol–water partition coefficient (Wildman–Crippen LogP) is 0.214. The molecule has 0 aliphatic carbocycles. The lowest BCUT2D eigenvalue weighted by Crippen LogP contribution is -2.52. The van der Waals surface area contributed by atoms with Gasteiger partial charge in [-0.3, -0.25) is 0 Å². The standard InChI is InChI=1S/C15H23NO5/c1-2-15(9-17,10-18)16-8-12(19)11-3-4-13-14(7-11)21-6-5-20-13/h3-4,7,12,16-19H,2,5-6,8-10H2,1H3. The van der Waals surface area contributed by atoms with Gasteiger partial charge in [-0.05, 0) is 24.1 Å². The summed E-state index contributed by atoms with van der Waals surface area (Å²) in [4.78, 5) is 0. The van der Waals surface area contributed by atoms with E-state index in [9.17, 15) is 15.3 Å². The number of ether oxygens (including phenoxy) is 2. The molecule has 1 aromatic rings. The van der Waals surface area contributed by atoms with E-state index in [1.165, 1.54) is 0 Å². The van der Waals surface area contributed by atoms with Crippen molar-refractivity contribution in [2.75, 3.05) is 33.0 Å². The first kappa shape index (κ1) is 16.0. The zero-order chi connectivity index (χ0) is 15.3. The molecule has 6 heteroatoms. The van der Waals surface area contributed by atoms with E-state index in [2.05, 4.69) is 5.32 Å². The van der Waals surface area contributed by atoms with E-state index < -0.39 is 11.6 Å². The molecule has 0 aromatic heterocycles. The van der Waals surface area contributed by atoms with Gasteiger partial charge in [0.1, 0.15) is 13.2 Å². The molecule has 1 unspecified atom stereocenters. The molecule has 0 amide bonds. The number of nitrogens with one attached hydrogen (secondary N) is 1. The van der Waals surface area contributed by atoms with E-state index in [-0.39, 0.29) is 19.8 Å². The van der Waals surface area contributed by atoms with Crippen molar-refractivity contribution in [2.45, 2.75) is 25.0 Å². The van der Waals surface area contributed by atoms with Crippen molar-refractivity contribution < 1.29 is 24.8 Å². The van der Waals surface area contributed by atoms with Crippen LogP contribution in [0.25, 0.3) is 0 Å². The molecule has 6 nitrogen and oxygen atoms in total. The van der Waals surface area contributed by atoms with Crippen LogP contribution in [0, 0.1) is 0 Å². The fourth-order valence-electron chi connectivity index (χ4n) is 2.21. The van der Waals surface area contributed by atoms with Crippen LogP contribution in [0.1, 0.15) is 25.0 Å². The summed E-state index contributed by atoms with van der Waals surface area (Å²) in [6, 6.07) is 5.32. The van der Waals surface area contributed by atoms with Crippen LogP contribution >= 0.6 is 0 Å². The van der Waals surface area contributed by atoms with Crippen molar-refractivity contribution >= 4 is 0 Å². The number of benzene rings is 1. The SMILES string of the molecule is CCC(CO)(CO)NCC(O)c1ccc2c(c1)OCCO2. The summed E-state index contributed by atoms with van der Waals surface area (Å²) < 4.78 is 10.9. The number of rotatable bonds is 7. The Morgan fingerprint density at radius 3 is 2.48 bits per heavy atom. The molecule has 0 bridgehead atoms. The highest BCUT2D eigenvalue weighted by atomic mass is 16.6. The van der Waals surface area contributed by atoms with Crippen molar-refractivity contribution in [3.63, 3.8) is 0 Å². The van der Waals surface area contributed by atoms with Crippen molar-refractivity contribution in [3.05, 3.63) is 23.8 Å². The number of aliphatic hydroxyl groups excluding tert-OH is 3. The maximum atomic E-state index is 10.2. The van der Waals surface area contributed by atoms with E-state index in [0.29, 0.717) is 36.7 Å². The molecule has 4 N–H and O–H groups in total. The third-order valence-electron chi connectivity index (χ3n) is 3.90. The molecule has 0 saturated carbocycles. The first-order chi connectivity index (χ1) is 10.1. The average Bonchev–Trinajstić information content (AvgIpc) is 2.56. The van der Waals surface area contributed by atoms with Crippen molar-refractivity contribution in [2.24, 2.45) is 0 Å². The molecule has 2 rings (SSSR count). The van der Waals surface area contributed by atoms with E-state index in [4.69, 9.17) is 9.47 Å².